The Bertz CT molecular complexity index is 514. The summed E-state index contributed by atoms with van der Waals surface area (Å²) in [5.41, 5.74) is 0.270. The van der Waals surface area contributed by atoms with Gasteiger partial charge in [-0.3, -0.25) is 14.8 Å². The molecule has 0 spiro atoms. The second kappa shape index (κ2) is 6.84. The van der Waals surface area contributed by atoms with Crippen LogP contribution in [0.15, 0.2) is 45.2 Å². The number of carbonyl (C=O) groups is 2. The zero-order valence-electron chi connectivity index (χ0n) is 10.2. The van der Waals surface area contributed by atoms with Crippen molar-refractivity contribution in [1.82, 2.24) is 5.32 Å². The molecule has 1 aromatic rings. The number of thioether (sulfide) groups is 1. The van der Waals surface area contributed by atoms with Gasteiger partial charge in [0.15, 0.2) is 6.29 Å². The zero-order chi connectivity index (χ0) is 13.5. The van der Waals surface area contributed by atoms with E-state index in [2.05, 4.69) is 15.3 Å². The Morgan fingerprint density at radius 1 is 1.32 bits per heavy atom. The summed E-state index contributed by atoms with van der Waals surface area (Å²) in [6.45, 7) is 1.11. The van der Waals surface area contributed by atoms with Crippen molar-refractivity contribution >= 4 is 35.9 Å². The highest BCUT2D eigenvalue weighted by atomic mass is 32.2. The van der Waals surface area contributed by atoms with Crippen molar-refractivity contribution in [3.63, 3.8) is 0 Å². The summed E-state index contributed by atoms with van der Waals surface area (Å²) in [5, 5.41) is 1.99. The van der Waals surface area contributed by atoms with E-state index in [1.165, 1.54) is 18.0 Å². The summed E-state index contributed by atoms with van der Waals surface area (Å²) >= 11 is 1.28. The molecule has 0 aromatic heterocycles. The van der Waals surface area contributed by atoms with Crippen LogP contribution < -0.4 is 5.32 Å². The van der Waals surface area contributed by atoms with Crippen molar-refractivity contribution in [2.45, 2.75) is 10.3 Å². The van der Waals surface area contributed by atoms with Crippen LogP contribution >= 0.6 is 11.8 Å². The minimum atomic E-state index is -0.632. The first-order valence-corrected chi connectivity index (χ1v) is 6.69. The highest BCUT2D eigenvalue weighted by molar-refractivity contribution is 8.00. The number of aliphatic imine (C=N–C) groups is 2. The van der Waals surface area contributed by atoms with Crippen LogP contribution in [0, 0.1) is 0 Å². The van der Waals surface area contributed by atoms with E-state index < -0.39 is 5.37 Å². The summed E-state index contributed by atoms with van der Waals surface area (Å²) in [7, 11) is 0. The molecular weight excluding hydrogens is 262 g/mol. The Hall–Kier alpha value is -1.95. The fourth-order valence-electron chi connectivity index (χ4n) is 1.49. The average Bonchev–Trinajstić information content (AvgIpc) is 2.48. The molecule has 0 aliphatic carbocycles. The highest BCUT2D eigenvalue weighted by Crippen LogP contribution is 2.20. The summed E-state index contributed by atoms with van der Waals surface area (Å²) in [5.74, 6) is -0.371. The van der Waals surface area contributed by atoms with Crippen molar-refractivity contribution in [2.75, 3.05) is 13.1 Å². The van der Waals surface area contributed by atoms with E-state index in [0.717, 1.165) is 4.90 Å². The van der Waals surface area contributed by atoms with Crippen LogP contribution in [-0.4, -0.2) is 42.6 Å². The number of amides is 1. The lowest BCUT2D eigenvalue weighted by Crippen LogP contribution is -2.39. The first-order chi connectivity index (χ1) is 9.29. The Balaban J connectivity index is 1.95. The Kier molecular flexibility index (Phi) is 4.85. The van der Waals surface area contributed by atoms with Gasteiger partial charge in [-0.05, 0) is 12.1 Å². The fourth-order valence-corrected chi connectivity index (χ4v) is 2.32. The van der Waals surface area contributed by atoms with Gasteiger partial charge < -0.3 is 10.1 Å². The van der Waals surface area contributed by atoms with Crippen molar-refractivity contribution in [3.05, 3.63) is 30.3 Å². The molecule has 2 rings (SSSR count). The van der Waals surface area contributed by atoms with E-state index in [9.17, 15) is 9.59 Å². The first kappa shape index (κ1) is 13.5. The molecule has 1 aliphatic heterocycles. The largest absolute Gasteiger partial charge is 0.332 e. The molecule has 0 saturated carbocycles. The van der Waals surface area contributed by atoms with Gasteiger partial charge in [0.25, 0.3) is 5.91 Å². The molecule has 19 heavy (non-hydrogen) atoms. The molecule has 1 amide bonds. The van der Waals surface area contributed by atoms with Gasteiger partial charge in [-0.15, -0.1) is 0 Å². The minimum Gasteiger partial charge on any atom is -0.332 e. The molecule has 5 nitrogen and oxygen atoms in total. The molecule has 1 aromatic carbocycles. The lowest BCUT2D eigenvalue weighted by atomic mass is 10.3. The summed E-state index contributed by atoms with van der Waals surface area (Å²) in [6, 6.07) is 9.42. The number of benzene rings is 1. The predicted octanol–water partition coefficient (Wildman–Crippen LogP) is 0.945. The molecule has 1 unspecified atom stereocenters. The molecule has 6 heteroatoms. The van der Waals surface area contributed by atoms with Crippen LogP contribution in [0.25, 0.3) is 0 Å². The van der Waals surface area contributed by atoms with Gasteiger partial charge in [0.05, 0.1) is 19.3 Å². The fraction of sp³-hybridized carbons (Fsp3) is 0.231. The number of carbonyl (C=O) groups excluding carboxylic acids is 2. The number of aldehydes is 1. The minimum absolute atomic E-state index is 0.270. The predicted molar refractivity (Wildman–Crippen MR) is 76.0 cm³/mol. The molecular formula is C13H13N3O2S. The second-order valence-corrected chi connectivity index (χ2v) is 4.98. The Morgan fingerprint density at radius 3 is 2.74 bits per heavy atom. The van der Waals surface area contributed by atoms with Gasteiger partial charge in [-0.25, -0.2) is 0 Å². The van der Waals surface area contributed by atoms with E-state index in [-0.39, 0.29) is 11.6 Å². The Labute approximate surface area is 115 Å². The van der Waals surface area contributed by atoms with Crippen LogP contribution in [0.2, 0.25) is 0 Å². The third-order valence-electron chi connectivity index (χ3n) is 2.36. The van der Waals surface area contributed by atoms with Gasteiger partial charge in [-0.1, -0.05) is 30.0 Å². The van der Waals surface area contributed by atoms with E-state index in [4.69, 9.17) is 0 Å². The number of rotatable bonds is 5. The van der Waals surface area contributed by atoms with Crippen LogP contribution in [0.5, 0.6) is 0 Å². The van der Waals surface area contributed by atoms with Gasteiger partial charge in [-0.2, -0.15) is 0 Å². The van der Waals surface area contributed by atoms with Crippen LogP contribution in [0.3, 0.4) is 0 Å². The van der Waals surface area contributed by atoms with E-state index in [0.29, 0.717) is 19.4 Å². The molecule has 0 radical (unpaired) electrons. The number of hydrogen-bond acceptors (Lipinski definition) is 5. The quantitative estimate of drug-likeness (QED) is 0.494. The molecule has 1 atom stereocenters. The smallest absolute Gasteiger partial charge is 0.272 e. The van der Waals surface area contributed by atoms with E-state index in [1.54, 1.807) is 0 Å². The maximum Gasteiger partial charge on any atom is 0.272 e. The molecule has 0 fully saturated rings. The third-order valence-corrected chi connectivity index (χ3v) is 3.39. The number of nitrogens with one attached hydrogen (secondary N) is 1. The van der Waals surface area contributed by atoms with Crippen molar-refractivity contribution in [1.29, 1.82) is 0 Å². The summed E-state index contributed by atoms with van der Waals surface area (Å²) < 4.78 is 0. The van der Waals surface area contributed by atoms with Gasteiger partial charge in [0, 0.05) is 4.90 Å². The molecule has 0 bridgehead atoms. The van der Waals surface area contributed by atoms with Gasteiger partial charge >= 0.3 is 0 Å². The molecule has 1 N–H and O–H groups in total. The SMILES string of the molecule is O=CC(NC(=O)C1=NCCN=C1)Sc1ccccc1. The number of hydrogen-bond donors (Lipinski definition) is 1. The van der Waals surface area contributed by atoms with Crippen LogP contribution in [0.4, 0.5) is 0 Å². The monoisotopic (exact) mass is 275 g/mol. The Morgan fingerprint density at radius 2 is 2.11 bits per heavy atom. The second-order valence-electron chi connectivity index (χ2n) is 3.76. The first-order valence-electron chi connectivity index (χ1n) is 5.82. The van der Waals surface area contributed by atoms with Crippen molar-refractivity contribution < 1.29 is 9.59 Å². The van der Waals surface area contributed by atoms with E-state index >= 15 is 0 Å². The standard InChI is InChI=1S/C13H13N3O2S/c17-9-12(19-10-4-2-1-3-5-10)16-13(18)11-8-14-6-7-15-11/h1-5,8-9,12H,6-7H2,(H,16,18). The average molecular weight is 275 g/mol. The van der Waals surface area contributed by atoms with E-state index in [1.807, 2.05) is 30.3 Å². The highest BCUT2D eigenvalue weighted by Gasteiger charge is 2.17. The maximum absolute atomic E-state index is 11.9. The maximum atomic E-state index is 11.9. The number of nitrogens with zero attached hydrogens (tertiary/aromatic N) is 2. The zero-order valence-corrected chi connectivity index (χ0v) is 11.0. The van der Waals surface area contributed by atoms with Crippen molar-refractivity contribution in [3.8, 4) is 0 Å². The summed E-state index contributed by atoms with van der Waals surface area (Å²) in [6.07, 6.45) is 2.14. The molecule has 1 aliphatic rings. The molecule has 1 heterocycles. The third kappa shape index (κ3) is 4.03. The van der Waals surface area contributed by atoms with Crippen LogP contribution in [-0.2, 0) is 9.59 Å². The summed E-state index contributed by atoms with van der Waals surface area (Å²) in [4.78, 5) is 31.8. The topological polar surface area (TPSA) is 70.9 Å². The van der Waals surface area contributed by atoms with Gasteiger partial charge in [0.1, 0.15) is 11.1 Å². The molecule has 98 valence electrons. The van der Waals surface area contributed by atoms with Crippen molar-refractivity contribution in [2.24, 2.45) is 9.98 Å². The van der Waals surface area contributed by atoms with Gasteiger partial charge in [0.2, 0.25) is 0 Å². The lowest BCUT2D eigenvalue weighted by molar-refractivity contribution is -0.117. The van der Waals surface area contributed by atoms with Crippen LogP contribution in [0.1, 0.15) is 0 Å². The normalized spacial score (nSPS) is 15.5. The molecule has 0 saturated heterocycles. The lowest BCUT2D eigenvalue weighted by Gasteiger charge is -2.13.